The molecule has 0 saturated carbocycles. The van der Waals surface area contributed by atoms with Crippen LogP contribution in [0.3, 0.4) is 0 Å². The average Bonchev–Trinajstić information content (AvgIpc) is 3.05. The number of hydrogen-bond donors (Lipinski definition) is 0. The van der Waals surface area contributed by atoms with Crippen LogP contribution in [-0.4, -0.2) is 34.6 Å². The molecule has 0 saturated heterocycles. The van der Waals surface area contributed by atoms with Crippen LogP contribution in [0.5, 0.6) is 11.5 Å². The van der Waals surface area contributed by atoms with Crippen molar-refractivity contribution in [3.63, 3.8) is 0 Å². The van der Waals surface area contributed by atoms with Crippen LogP contribution >= 0.6 is 0 Å². The van der Waals surface area contributed by atoms with E-state index in [9.17, 15) is 45.0 Å². The van der Waals surface area contributed by atoms with E-state index in [2.05, 4.69) is 15.0 Å². The molecule has 0 aliphatic carbocycles. The number of carbonyl (C=O) groups is 1. The van der Waals surface area contributed by atoms with Crippen LogP contribution < -0.4 is 49.0 Å². The summed E-state index contributed by atoms with van der Waals surface area (Å²) in [5.74, 6) is -4.47. The summed E-state index contributed by atoms with van der Waals surface area (Å²) >= 11 is 0. The van der Waals surface area contributed by atoms with E-state index in [1.54, 1.807) is 12.1 Å². The summed E-state index contributed by atoms with van der Waals surface area (Å²) < 4.78 is 123. The van der Waals surface area contributed by atoms with Crippen LogP contribution in [0, 0.1) is 0 Å². The van der Waals surface area contributed by atoms with Gasteiger partial charge in [-0.15, -0.1) is 0 Å². The van der Waals surface area contributed by atoms with Gasteiger partial charge in [0.05, 0.1) is 37.2 Å². The second-order valence-electron chi connectivity index (χ2n) is 12.0. The average molecular weight is 749 g/mol. The molecule has 0 atom stereocenters. The molecule has 17 heteroatoms. The van der Waals surface area contributed by atoms with E-state index in [1.165, 1.54) is 36.5 Å². The van der Waals surface area contributed by atoms with Gasteiger partial charge in [0, 0.05) is 42.8 Å². The Morgan fingerprint density at radius 1 is 0.865 bits per heavy atom. The maximum absolute atomic E-state index is 14.6. The number of hydrogen-bond acceptors (Lipinski definition) is 8. The van der Waals surface area contributed by atoms with Gasteiger partial charge in [-0.2, -0.15) is 26.3 Å². The molecule has 0 aliphatic heterocycles. The molecule has 0 bridgehead atoms. The maximum Gasteiger partial charge on any atom is 1.00 e. The molecule has 4 aromatic rings. The monoisotopic (exact) mass is 748 g/mol. The number of pyridine rings is 1. The van der Waals surface area contributed by atoms with E-state index in [1.807, 2.05) is 13.8 Å². The molecule has 0 aliphatic rings. The molecule has 4 rings (SSSR count). The van der Waals surface area contributed by atoms with Gasteiger partial charge in [-0.1, -0.05) is 26.0 Å². The first-order chi connectivity index (χ1) is 23.8. The number of carbonyl (C=O) groups excluding carboxylic acids is 1. The fourth-order valence-electron chi connectivity index (χ4n) is 5.04. The number of benzene rings is 2. The van der Waals surface area contributed by atoms with Gasteiger partial charge in [0.1, 0.15) is 11.4 Å². The maximum atomic E-state index is 14.6. The number of methoxy groups -OCH3 is 1. The molecule has 0 fully saturated rings. The fraction of sp³-hybridized carbons (Fsp3) is 0.371. The Hall–Kier alpha value is -4.02. The van der Waals surface area contributed by atoms with E-state index in [4.69, 9.17) is 9.47 Å². The molecule has 52 heavy (non-hydrogen) atoms. The second-order valence-corrected chi connectivity index (χ2v) is 12.0. The molecule has 8 nitrogen and oxygen atoms in total. The third-order valence-corrected chi connectivity index (χ3v) is 7.64. The summed E-state index contributed by atoms with van der Waals surface area (Å²) in [5.41, 5.74) is -2.56. The SMILES string of the molecule is COc1ccc(C(C)C)nc1-c1cc(C(C)(F)F)ccc1CN(Cc1cc(C(F)(F)F)cc(C(F)(F)F)c1)c1ncc(OCCCC(=O)[O-])cn1.[Na+]. The molecule has 0 N–H and O–H groups in total. The topological polar surface area (TPSA) is 101 Å². The molecule has 0 spiro atoms. The Kier molecular flexibility index (Phi) is 14.0. The molecule has 0 unspecified atom stereocenters. The van der Waals surface area contributed by atoms with Crippen LogP contribution in [0.25, 0.3) is 11.3 Å². The Balaban J connectivity index is 0.00000729. The summed E-state index contributed by atoms with van der Waals surface area (Å²) in [6.45, 7) is 3.53. The Morgan fingerprint density at radius 3 is 2.00 bits per heavy atom. The van der Waals surface area contributed by atoms with Gasteiger partial charge in [-0.3, -0.25) is 0 Å². The van der Waals surface area contributed by atoms with Gasteiger partial charge >= 0.3 is 41.9 Å². The normalized spacial score (nSPS) is 12.0. The first kappa shape index (κ1) is 42.4. The number of carboxylic acids is 1. The van der Waals surface area contributed by atoms with Gasteiger partial charge in [-0.25, -0.2) is 23.7 Å². The van der Waals surface area contributed by atoms with Crippen molar-refractivity contribution in [3.05, 3.63) is 94.4 Å². The number of nitrogens with zero attached hydrogens (tertiary/aromatic N) is 4. The van der Waals surface area contributed by atoms with Gasteiger partial charge in [0.25, 0.3) is 5.92 Å². The number of ether oxygens (including phenoxy) is 2. The van der Waals surface area contributed by atoms with Crippen molar-refractivity contribution in [2.24, 2.45) is 0 Å². The van der Waals surface area contributed by atoms with Crippen LogP contribution in [-0.2, 0) is 36.2 Å². The molecule has 2 heterocycles. The van der Waals surface area contributed by atoms with Crippen molar-refractivity contribution in [1.82, 2.24) is 15.0 Å². The zero-order valence-corrected chi connectivity index (χ0v) is 30.8. The van der Waals surface area contributed by atoms with Crippen molar-refractivity contribution in [3.8, 4) is 22.8 Å². The third-order valence-electron chi connectivity index (χ3n) is 7.64. The van der Waals surface area contributed by atoms with Crippen LogP contribution in [0.4, 0.5) is 41.1 Å². The number of anilines is 1. The van der Waals surface area contributed by atoms with E-state index in [0.29, 0.717) is 30.3 Å². The number of aromatic nitrogens is 3. The minimum absolute atomic E-state index is 0. The van der Waals surface area contributed by atoms with Crippen molar-refractivity contribution in [2.75, 3.05) is 18.6 Å². The van der Waals surface area contributed by atoms with Gasteiger partial charge in [0.15, 0.2) is 5.75 Å². The van der Waals surface area contributed by atoms with Crippen molar-refractivity contribution < 1.29 is 84.1 Å². The zero-order valence-electron chi connectivity index (χ0n) is 28.8. The van der Waals surface area contributed by atoms with E-state index in [0.717, 1.165) is 6.07 Å². The van der Waals surface area contributed by atoms with Crippen LogP contribution in [0.15, 0.2) is 60.9 Å². The number of halogens is 8. The van der Waals surface area contributed by atoms with Crippen LogP contribution in [0.2, 0.25) is 0 Å². The summed E-state index contributed by atoms with van der Waals surface area (Å²) in [6, 6.07) is 8.22. The van der Waals surface area contributed by atoms with Crippen molar-refractivity contribution in [2.45, 2.75) is 70.9 Å². The first-order valence-electron chi connectivity index (χ1n) is 15.5. The van der Waals surface area contributed by atoms with Crippen molar-refractivity contribution in [1.29, 1.82) is 0 Å². The zero-order chi connectivity index (χ0) is 37.7. The predicted molar refractivity (Wildman–Crippen MR) is 168 cm³/mol. The predicted octanol–water partition coefficient (Wildman–Crippen LogP) is 4.94. The number of rotatable bonds is 14. The van der Waals surface area contributed by atoms with E-state index >= 15 is 0 Å². The van der Waals surface area contributed by atoms with Gasteiger partial charge in [0.2, 0.25) is 5.95 Å². The Labute approximate surface area is 316 Å². The fourth-order valence-corrected chi connectivity index (χ4v) is 5.04. The Bertz CT molecular complexity index is 1800. The molecular weight excluding hydrogens is 715 g/mol. The molecular formula is C35H33F8N4NaO4. The first-order valence-corrected chi connectivity index (χ1v) is 15.5. The minimum Gasteiger partial charge on any atom is -0.550 e. The molecule has 274 valence electrons. The van der Waals surface area contributed by atoms with Crippen LogP contribution in [0.1, 0.15) is 73.0 Å². The van der Waals surface area contributed by atoms with Gasteiger partial charge in [-0.05, 0) is 66.3 Å². The molecule has 0 radical (unpaired) electrons. The summed E-state index contributed by atoms with van der Waals surface area (Å²) in [4.78, 5) is 25.0. The molecule has 0 amide bonds. The Morgan fingerprint density at radius 2 is 1.48 bits per heavy atom. The largest absolute Gasteiger partial charge is 1.00 e. The standard InChI is InChI=1S/C35H34F8N4O4.Na/c1-20(2)28-9-10-29(50-4)31(46-28)27-15-23(33(3,36)37)8-7-22(27)19-47(32-44-16-26(17-45-32)51-11-5-6-30(48)49)18-21-12-24(34(38,39)40)14-25(13-21)35(41,42)43;/h7-10,12-17,20H,5-6,11,18-19H2,1-4H3,(H,48,49);/q;+1/p-1. The minimum atomic E-state index is -5.11. The van der Waals surface area contributed by atoms with E-state index < -0.39 is 41.9 Å². The number of aliphatic carboxylic acids is 1. The molecule has 2 aromatic carbocycles. The summed E-state index contributed by atoms with van der Waals surface area (Å²) in [7, 11) is 1.36. The third kappa shape index (κ3) is 11.2. The number of carboxylic acid groups (broad SMARTS) is 1. The van der Waals surface area contributed by atoms with Gasteiger partial charge < -0.3 is 24.3 Å². The van der Waals surface area contributed by atoms with E-state index in [-0.39, 0.29) is 107 Å². The summed E-state index contributed by atoms with van der Waals surface area (Å²) in [6.07, 6.45) is -7.98. The quantitative estimate of drug-likeness (QED) is 0.102. The smallest absolute Gasteiger partial charge is 0.550 e. The molecule has 2 aromatic heterocycles. The van der Waals surface area contributed by atoms with Crippen molar-refractivity contribution >= 4 is 11.9 Å². The second kappa shape index (κ2) is 17.2. The summed E-state index contributed by atoms with van der Waals surface area (Å²) in [5, 5.41) is 10.7. The number of alkyl halides is 8.